The molecule has 6 heteroatoms. The van der Waals surface area contributed by atoms with Gasteiger partial charge in [-0.3, -0.25) is 0 Å². The largest absolute Gasteiger partial charge is 0.229 e. The Morgan fingerprint density at radius 1 is 1.08 bits per heavy atom. The Balaban J connectivity index is 2.99. The average Bonchev–Trinajstić information content (AvgIpc) is 1.90. The normalized spacial score (nSPS) is 33.9. The van der Waals surface area contributed by atoms with E-state index in [0.29, 0.717) is 0 Å². The monoisotopic (exact) mass is 212 g/mol. The molecule has 4 nitrogen and oxygen atoms in total. The van der Waals surface area contributed by atoms with Crippen molar-refractivity contribution in [2.45, 2.75) is 18.6 Å². The van der Waals surface area contributed by atoms with Gasteiger partial charge in [0, 0.05) is 0 Å². The minimum Gasteiger partial charge on any atom is -0.229 e. The summed E-state index contributed by atoms with van der Waals surface area (Å²) in [6.07, 6.45) is 0.245. The van der Waals surface area contributed by atoms with E-state index >= 15 is 0 Å². The first-order chi connectivity index (χ1) is 5.33. The fourth-order valence-corrected chi connectivity index (χ4v) is 5.28. The summed E-state index contributed by atoms with van der Waals surface area (Å²) in [5.74, 6) is -0.195. The van der Waals surface area contributed by atoms with Crippen molar-refractivity contribution >= 4 is 19.7 Å². The van der Waals surface area contributed by atoms with Gasteiger partial charge in [0.25, 0.3) is 0 Å². The van der Waals surface area contributed by atoms with Gasteiger partial charge in [-0.05, 0) is 13.3 Å². The summed E-state index contributed by atoms with van der Waals surface area (Å²) in [4.78, 5) is 0. The third kappa shape index (κ3) is 2.20. The van der Waals surface area contributed by atoms with Crippen LogP contribution in [-0.2, 0) is 19.7 Å². The zero-order chi connectivity index (χ0) is 9.41. The average molecular weight is 212 g/mol. The zero-order valence-electron chi connectivity index (χ0n) is 6.86. The standard InChI is InChI=1S/C6H12O4S2/c1-6-5-11(7,8)3-2-4-12(6,9)10/h6H,2-5H2,1H3. The molecule has 0 aromatic carbocycles. The smallest absolute Gasteiger partial charge is 0.153 e. The van der Waals surface area contributed by atoms with Gasteiger partial charge < -0.3 is 0 Å². The summed E-state index contributed by atoms with van der Waals surface area (Å²) in [6.45, 7) is 1.46. The molecule has 12 heavy (non-hydrogen) atoms. The number of sulfone groups is 2. The minimum absolute atomic E-state index is 0.00734. The van der Waals surface area contributed by atoms with Crippen LogP contribution in [0.25, 0.3) is 0 Å². The van der Waals surface area contributed by atoms with E-state index in [9.17, 15) is 16.8 Å². The third-order valence-corrected chi connectivity index (χ3v) is 6.37. The van der Waals surface area contributed by atoms with Gasteiger partial charge in [0.1, 0.15) is 0 Å². The third-order valence-electron chi connectivity index (χ3n) is 1.99. The zero-order valence-corrected chi connectivity index (χ0v) is 8.49. The highest BCUT2D eigenvalue weighted by Gasteiger charge is 2.30. The van der Waals surface area contributed by atoms with E-state index < -0.39 is 24.9 Å². The highest BCUT2D eigenvalue weighted by Crippen LogP contribution is 2.13. The van der Waals surface area contributed by atoms with E-state index in [0.717, 1.165) is 0 Å². The lowest BCUT2D eigenvalue weighted by Crippen LogP contribution is -2.25. The highest BCUT2D eigenvalue weighted by molar-refractivity contribution is 7.96. The molecule has 0 aromatic rings. The molecule has 0 N–H and O–H groups in total. The molecule has 1 heterocycles. The Labute approximate surface area is 72.8 Å². The predicted octanol–water partition coefficient (Wildman–Crippen LogP) is -0.392. The van der Waals surface area contributed by atoms with Crippen molar-refractivity contribution in [3.8, 4) is 0 Å². The SMILES string of the molecule is CC1CS(=O)(=O)CCCS1(=O)=O. The summed E-state index contributed by atoms with van der Waals surface area (Å²) in [6, 6.07) is 0. The van der Waals surface area contributed by atoms with Crippen LogP contribution in [0.3, 0.4) is 0 Å². The maximum atomic E-state index is 11.2. The minimum atomic E-state index is -3.15. The van der Waals surface area contributed by atoms with Crippen LogP contribution >= 0.6 is 0 Å². The molecule has 1 saturated heterocycles. The first-order valence-electron chi connectivity index (χ1n) is 3.75. The van der Waals surface area contributed by atoms with Crippen molar-refractivity contribution < 1.29 is 16.8 Å². The Kier molecular flexibility index (Phi) is 2.49. The maximum Gasteiger partial charge on any atom is 0.153 e. The van der Waals surface area contributed by atoms with Crippen LogP contribution in [-0.4, -0.2) is 39.3 Å². The van der Waals surface area contributed by atoms with Gasteiger partial charge in [0.2, 0.25) is 0 Å². The van der Waals surface area contributed by atoms with Gasteiger partial charge in [-0.15, -0.1) is 0 Å². The van der Waals surface area contributed by atoms with Crippen LogP contribution in [0.1, 0.15) is 13.3 Å². The number of rotatable bonds is 0. The maximum absolute atomic E-state index is 11.2. The van der Waals surface area contributed by atoms with Gasteiger partial charge in [0.05, 0.1) is 22.5 Å². The fraction of sp³-hybridized carbons (Fsp3) is 1.00. The topological polar surface area (TPSA) is 68.3 Å². The lowest BCUT2D eigenvalue weighted by Gasteiger charge is -2.06. The van der Waals surface area contributed by atoms with E-state index in [2.05, 4.69) is 0 Å². The molecule has 1 atom stereocenters. The summed E-state index contributed by atoms with van der Waals surface area (Å²) in [5, 5.41) is -0.731. The fourth-order valence-electron chi connectivity index (χ4n) is 1.23. The Hall–Kier alpha value is -0.100. The predicted molar refractivity (Wildman–Crippen MR) is 46.5 cm³/mol. The molecule has 0 amide bonds. The number of hydrogen-bond donors (Lipinski definition) is 0. The second kappa shape index (κ2) is 2.99. The molecule has 1 aliphatic rings. The first-order valence-corrected chi connectivity index (χ1v) is 7.29. The first kappa shape index (κ1) is 9.98. The lowest BCUT2D eigenvalue weighted by molar-refractivity contribution is 0.583. The van der Waals surface area contributed by atoms with Crippen LogP contribution in [0.5, 0.6) is 0 Å². The van der Waals surface area contributed by atoms with Gasteiger partial charge in [-0.25, -0.2) is 16.8 Å². The number of hydrogen-bond acceptors (Lipinski definition) is 4. The van der Waals surface area contributed by atoms with Crippen molar-refractivity contribution in [1.29, 1.82) is 0 Å². The highest BCUT2D eigenvalue weighted by atomic mass is 32.2. The van der Waals surface area contributed by atoms with E-state index in [1.807, 2.05) is 0 Å². The molecule has 1 aliphatic heterocycles. The summed E-state index contributed by atoms with van der Waals surface area (Å²) < 4.78 is 44.7. The molecule has 0 spiro atoms. The molecule has 0 aliphatic carbocycles. The van der Waals surface area contributed by atoms with Crippen molar-refractivity contribution in [1.82, 2.24) is 0 Å². The second-order valence-corrected chi connectivity index (χ2v) is 7.91. The van der Waals surface area contributed by atoms with Crippen LogP contribution in [0.2, 0.25) is 0 Å². The van der Waals surface area contributed by atoms with E-state index in [1.54, 1.807) is 0 Å². The molecule has 0 bridgehead atoms. The molecule has 1 rings (SSSR count). The molecular weight excluding hydrogens is 200 g/mol. The quantitative estimate of drug-likeness (QED) is 0.548. The Bertz CT molecular complexity index is 351. The van der Waals surface area contributed by atoms with E-state index in [1.165, 1.54) is 6.92 Å². The van der Waals surface area contributed by atoms with E-state index in [4.69, 9.17) is 0 Å². The lowest BCUT2D eigenvalue weighted by atomic mass is 10.6. The van der Waals surface area contributed by atoms with Gasteiger partial charge in [0.15, 0.2) is 19.7 Å². The molecule has 1 fully saturated rings. The molecular formula is C6H12O4S2. The van der Waals surface area contributed by atoms with Crippen LogP contribution in [0.15, 0.2) is 0 Å². The van der Waals surface area contributed by atoms with Crippen LogP contribution in [0.4, 0.5) is 0 Å². The van der Waals surface area contributed by atoms with Crippen molar-refractivity contribution in [2.24, 2.45) is 0 Å². The molecule has 0 saturated carbocycles. The summed E-state index contributed by atoms with van der Waals surface area (Å²) in [5.41, 5.74) is 0. The molecule has 1 unspecified atom stereocenters. The Morgan fingerprint density at radius 2 is 1.67 bits per heavy atom. The van der Waals surface area contributed by atoms with E-state index in [-0.39, 0.29) is 23.7 Å². The van der Waals surface area contributed by atoms with Crippen molar-refractivity contribution in [3.05, 3.63) is 0 Å². The van der Waals surface area contributed by atoms with Gasteiger partial charge >= 0.3 is 0 Å². The van der Waals surface area contributed by atoms with Crippen molar-refractivity contribution in [2.75, 3.05) is 17.3 Å². The van der Waals surface area contributed by atoms with Crippen LogP contribution in [0, 0.1) is 0 Å². The summed E-state index contributed by atoms with van der Waals surface area (Å²) >= 11 is 0. The Morgan fingerprint density at radius 3 is 2.25 bits per heavy atom. The van der Waals surface area contributed by atoms with Crippen LogP contribution < -0.4 is 0 Å². The van der Waals surface area contributed by atoms with Crippen molar-refractivity contribution in [3.63, 3.8) is 0 Å². The molecule has 0 radical (unpaired) electrons. The second-order valence-electron chi connectivity index (χ2n) is 3.15. The molecule has 0 aromatic heterocycles. The van der Waals surface area contributed by atoms with Gasteiger partial charge in [-0.1, -0.05) is 0 Å². The van der Waals surface area contributed by atoms with Gasteiger partial charge in [-0.2, -0.15) is 0 Å². The summed E-state index contributed by atoms with van der Waals surface area (Å²) in [7, 11) is -6.27. The molecule has 72 valence electrons.